The summed E-state index contributed by atoms with van der Waals surface area (Å²) >= 11 is 0. The summed E-state index contributed by atoms with van der Waals surface area (Å²) in [6, 6.07) is 0. The number of hydrogen-bond acceptors (Lipinski definition) is 2. The van der Waals surface area contributed by atoms with E-state index in [1.54, 1.807) is 0 Å². The smallest absolute Gasteiger partial charge is 0.242 e. The van der Waals surface area contributed by atoms with Crippen LogP contribution in [0.3, 0.4) is 0 Å². The molecule has 4 heteroatoms. The van der Waals surface area contributed by atoms with Gasteiger partial charge >= 0.3 is 0 Å². The maximum atomic E-state index is 12.0. The first-order valence-electron chi connectivity index (χ1n) is 6.24. The van der Waals surface area contributed by atoms with Crippen LogP contribution in [0.4, 0.5) is 0 Å². The molecule has 0 bridgehead atoms. The Kier molecular flexibility index (Phi) is 4.62. The molecule has 2 rings (SSSR count). The highest BCUT2D eigenvalue weighted by atomic mass is 35.5. The van der Waals surface area contributed by atoms with E-state index in [4.69, 9.17) is 5.73 Å². The third kappa shape index (κ3) is 2.89. The molecule has 1 aliphatic carbocycles. The molecule has 2 N–H and O–H groups in total. The van der Waals surface area contributed by atoms with Crippen molar-refractivity contribution in [3.8, 4) is 0 Å². The molecule has 94 valence electrons. The number of carbonyl (C=O) groups excluding carboxylic acids is 1. The lowest BCUT2D eigenvalue weighted by Gasteiger charge is -2.23. The Morgan fingerprint density at radius 1 is 1.38 bits per heavy atom. The lowest BCUT2D eigenvalue weighted by molar-refractivity contribution is -0.133. The summed E-state index contributed by atoms with van der Waals surface area (Å²) in [7, 11) is 0. The minimum atomic E-state index is -0.466. The Morgan fingerprint density at radius 3 is 2.62 bits per heavy atom. The van der Waals surface area contributed by atoms with Crippen molar-refractivity contribution in [1.29, 1.82) is 0 Å². The van der Waals surface area contributed by atoms with E-state index in [2.05, 4.69) is 6.92 Å². The van der Waals surface area contributed by atoms with Crippen molar-refractivity contribution in [2.45, 2.75) is 51.0 Å². The van der Waals surface area contributed by atoms with Gasteiger partial charge in [-0.2, -0.15) is 0 Å². The third-order valence-electron chi connectivity index (χ3n) is 3.93. The summed E-state index contributed by atoms with van der Waals surface area (Å²) in [6.45, 7) is 4.10. The van der Waals surface area contributed by atoms with Crippen molar-refractivity contribution in [3.05, 3.63) is 0 Å². The van der Waals surface area contributed by atoms with E-state index in [9.17, 15) is 4.79 Å². The molecule has 0 aromatic heterocycles. The predicted octanol–water partition coefficient (Wildman–Crippen LogP) is 1.94. The molecule has 0 radical (unpaired) electrons. The lowest BCUT2D eigenvalue weighted by Crippen LogP contribution is -2.46. The molecular weight excluding hydrogens is 224 g/mol. The van der Waals surface area contributed by atoms with Gasteiger partial charge in [-0.15, -0.1) is 12.4 Å². The summed E-state index contributed by atoms with van der Waals surface area (Å²) in [5.41, 5.74) is 5.48. The van der Waals surface area contributed by atoms with E-state index in [0.717, 1.165) is 38.3 Å². The molecule has 16 heavy (non-hydrogen) atoms. The molecule has 2 fully saturated rings. The monoisotopic (exact) mass is 246 g/mol. The van der Waals surface area contributed by atoms with Gasteiger partial charge in [0.2, 0.25) is 5.91 Å². The van der Waals surface area contributed by atoms with Gasteiger partial charge in [0.15, 0.2) is 0 Å². The normalized spacial score (nSPS) is 27.9. The molecule has 1 unspecified atom stereocenters. The maximum Gasteiger partial charge on any atom is 0.242 e. The fourth-order valence-corrected chi connectivity index (χ4v) is 2.44. The molecule has 2 aliphatic rings. The average Bonchev–Trinajstić information content (AvgIpc) is 3.01. The van der Waals surface area contributed by atoms with E-state index in [-0.39, 0.29) is 18.3 Å². The second-order valence-electron chi connectivity index (χ2n) is 5.15. The quantitative estimate of drug-likeness (QED) is 0.810. The molecule has 3 nitrogen and oxygen atoms in total. The van der Waals surface area contributed by atoms with Crippen LogP contribution in [0.5, 0.6) is 0 Å². The Balaban J connectivity index is 0.00000128. The average molecular weight is 247 g/mol. The zero-order valence-electron chi connectivity index (χ0n) is 10.1. The number of carbonyl (C=O) groups is 1. The zero-order chi connectivity index (χ0) is 10.9. The maximum absolute atomic E-state index is 12.0. The van der Waals surface area contributed by atoms with E-state index in [1.165, 1.54) is 19.3 Å². The highest BCUT2D eigenvalue weighted by Crippen LogP contribution is 2.35. The molecule has 1 saturated heterocycles. The number of nitrogens with two attached hydrogens (primary N) is 1. The second kappa shape index (κ2) is 5.37. The summed E-state index contributed by atoms with van der Waals surface area (Å²) in [5, 5.41) is 0. The van der Waals surface area contributed by atoms with Crippen LogP contribution in [0.1, 0.15) is 45.4 Å². The topological polar surface area (TPSA) is 46.3 Å². The van der Waals surface area contributed by atoms with Crippen LogP contribution in [0.25, 0.3) is 0 Å². The standard InChI is InChI=1S/C12H22N2O.ClH/c1-2-10-4-3-8-14(9-5-10)11(15)12(13)6-7-12;/h10H,2-9,13H2,1H3;1H. The Bertz CT molecular complexity index is 253. The van der Waals surface area contributed by atoms with E-state index < -0.39 is 5.54 Å². The Morgan fingerprint density at radius 2 is 2.06 bits per heavy atom. The number of hydrogen-bond donors (Lipinski definition) is 1. The van der Waals surface area contributed by atoms with Crippen LogP contribution >= 0.6 is 12.4 Å². The molecule has 1 saturated carbocycles. The van der Waals surface area contributed by atoms with Gasteiger partial charge in [-0.05, 0) is 38.0 Å². The number of rotatable bonds is 2. The van der Waals surface area contributed by atoms with Crippen molar-refractivity contribution in [2.75, 3.05) is 13.1 Å². The van der Waals surface area contributed by atoms with Gasteiger partial charge in [0.25, 0.3) is 0 Å². The van der Waals surface area contributed by atoms with Crippen molar-refractivity contribution < 1.29 is 4.79 Å². The minimum Gasteiger partial charge on any atom is -0.341 e. The summed E-state index contributed by atoms with van der Waals surface area (Å²) in [6.07, 6.45) is 6.62. The lowest BCUT2D eigenvalue weighted by atomic mass is 9.98. The van der Waals surface area contributed by atoms with Gasteiger partial charge in [0.05, 0.1) is 5.54 Å². The summed E-state index contributed by atoms with van der Waals surface area (Å²) in [5.74, 6) is 1.02. The predicted molar refractivity (Wildman–Crippen MR) is 67.6 cm³/mol. The van der Waals surface area contributed by atoms with Gasteiger partial charge in [-0.3, -0.25) is 4.79 Å². The number of halogens is 1. The zero-order valence-corrected chi connectivity index (χ0v) is 10.9. The van der Waals surface area contributed by atoms with Gasteiger partial charge in [0.1, 0.15) is 0 Å². The highest BCUT2D eigenvalue weighted by molar-refractivity contribution is 5.89. The van der Waals surface area contributed by atoms with Crippen LogP contribution in [0.15, 0.2) is 0 Å². The van der Waals surface area contributed by atoms with Crippen LogP contribution in [-0.4, -0.2) is 29.4 Å². The van der Waals surface area contributed by atoms with Gasteiger partial charge < -0.3 is 10.6 Å². The number of amides is 1. The fraction of sp³-hybridized carbons (Fsp3) is 0.917. The molecule has 1 aliphatic heterocycles. The van der Waals surface area contributed by atoms with Crippen molar-refractivity contribution >= 4 is 18.3 Å². The van der Waals surface area contributed by atoms with Crippen molar-refractivity contribution in [3.63, 3.8) is 0 Å². The van der Waals surface area contributed by atoms with E-state index in [0.29, 0.717) is 0 Å². The largest absolute Gasteiger partial charge is 0.341 e. The van der Waals surface area contributed by atoms with E-state index in [1.807, 2.05) is 4.90 Å². The molecule has 0 aromatic carbocycles. The highest BCUT2D eigenvalue weighted by Gasteiger charge is 2.48. The van der Waals surface area contributed by atoms with Crippen LogP contribution < -0.4 is 5.73 Å². The molecular formula is C12H23ClN2O. The Hall–Kier alpha value is -0.280. The first kappa shape index (κ1) is 13.8. The summed E-state index contributed by atoms with van der Waals surface area (Å²) in [4.78, 5) is 14.0. The first-order valence-corrected chi connectivity index (χ1v) is 6.24. The molecule has 0 aromatic rings. The van der Waals surface area contributed by atoms with E-state index >= 15 is 0 Å². The number of nitrogens with zero attached hydrogens (tertiary/aromatic N) is 1. The minimum absolute atomic E-state index is 0. The van der Waals surface area contributed by atoms with Crippen molar-refractivity contribution in [2.24, 2.45) is 11.7 Å². The number of likely N-dealkylation sites (tertiary alicyclic amines) is 1. The van der Waals surface area contributed by atoms with Crippen LogP contribution in [-0.2, 0) is 4.79 Å². The van der Waals surface area contributed by atoms with Gasteiger partial charge in [-0.25, -0.2) is 0 Å². The molecule has 0 spiro atoms. The fourth-order valence-electron chi connectivity index (χ4n) is 2.44. The van der Waals surface area contributed by atoms with Crippen LogP contribution in [0.2, 0.25) is 0 Å². The molecule has 1 atom stereocenters. The molecule has 1 amide bonds. The van der Waals surface area contributed by atoms with Crippen molar-refractivity contribution in [1.82, 2.24) is 4.90 Å². The SMILES string of the molecule is CCC1CCCN(C(=O)C2(N)CC2)CC1.Cl. The third-order valence-corrected chi connectivity index (χ3v) is 3.93. The first-order chi connectivity index (χ1) is 7.15. The summed E-state index contributed by atoms with van der Waals surface area (Å²) < 4.78 is 0. The second-order valence-corrected chi connectivity index (χ2v) is 5.15. The molecule has 1 heterocycles. The Labute approximate surface area is 104 Å². The van der Waals surface area contributed by atoms with Gasteiger partial charge in [-0.1, -0.05) is 13.3 Å². The van der Waals surface area contributed by atoms with Crippen LogP contribution in [0, 0.1) is 5.92 Å². The van der Waals surface area contributed by atoms with Gasteiger partial charge in [0, 0.05) is 13.1 Å².